The summed E-state index contributed by atoms with van der Waals surface area (Å²) in [5, 5.41) is 5.85. The predicted octanol–water partition coefficient (Wildman–Crippen LogP) is 2.00. The molecule has 2 N–H and O–H groups in total. The van der Waals surface area contributed by atoms with Crippen LogP contribution in [0.4, 0.5) is 5.69 Å². The van der Waals surface area contributed by atoms with Gasteiger partial charge in [-0.2, -0.15) is 11.8 Å². The average Bonchev–Trinajstić information content (AvgIpc) is 2.38. The molecule has 0 spiro atoms. The molecular weight excluding hydrogens is 234 g/mol. The van der Waals surface area contributed by atoms with Crippen LogP contribution in [0.25, 0.3) is 0 Å². The van der Waals surface area contributed by atoms with Crippen molar-refractivity contribution in [3.8, 4) is 0 Å². The highest BCUT2D eigenvalue weighted by molar-refractivity contribution is 7.99. The molecule has 4 nitrogen and oxygen atoms in total. The van der Waals surface area contributed by atoms with E-state index in [1.54, 1.807) is 19.3 Å². The van der Waals surface area contributed by atoms with Gasteiger partial charge in [-0.05, 0) is 30.1 Å². The summed E-state index contributed by atoms with van der Waals surface area (Å²) in [4.78, 5) is 15.4. The fraction of sp³-hybridized carbons (Fsp3) is 0.500. The molecule has 1 amide bonds. The number of carbonyl (C=O) groups is 1. The van der Waals surface area contributed by atoms with E-state index in [1.807, 2.05) is 17.8 Å². The van der Waals surface area contributed by atoms with Gasteiger partial charge in [-0.25, -0.2) is 0 Å². The van der Waals surface area contributed by atoms with E-state index in [1.165, 1.54) is 0 Å². The molecule has 0 aliphatic heterocycles. The average molecular weight is 253 g/mol. The molecule has 94 valence electrons. The number of hydrogen-bond donors (Lipinski definition) is 2. The van der Waals surface area contributed by atoms with Crippen LogP contribution in [0.1, 0.15) is 23.8 Å². The molecule has 0 bridgehead atoms. The summed E-state index contributed by atoms with van der Waals surface area (Å²) in [6.07, 6.45) is 2.77. The van der Waals surface area contributed by atoms with E-state index in [4.69, 9.17) is 0 Å². The molecule has 0 unspecified atom stereocenters. The van der Waals surface area contributed by atoms with Gasteiger partial charge in [0, 0.05) is 25.5 Å². The molecule has 1 heterocycles. The second-order valence-corrected chi connectivity index (χ2v) is 4.88. The standard InChI is InChI=1S/C12H19N3OS/c1-3-17-8-4-6-14-10-5-7-15-11(9-10)12(16)13-2/h5,7,9H,3-4,6,8H2,1-2H3,(H,13,16)(H,14,15). The first kappa shape index (κ1) is 13.8. The molecule has 0 radical (unpaired) electrons. The van der Waals surface area contributed by atoms with Crippen LogP contribution in [0.3, 0.4) is 0 Å². The quantitative estimate of drug-likeness (QED) is 0.730. The third kappa shape index (κ3) is 5.08. The van der Waals surface area contributed by atoms with Crippen LogP contribution >= 0.6 is 11.8 Å². The van der Waals surface area contributed by atoms with Crippen molar-refractivity contribution < 1.29 is 4.79 Å². The summed E-state index contributed by atoms with van der Waals surface area (Å²) < 4.78 is 0. The Labute approximate surface area is 107 Å². The molecule has 1 aromatic heterocycles. The fourth-order valence-electron chi connectivity index (χ4n) is 1.34. The molecule has 0 aliphatic rings. The predicted molar refractivity (Wildman–Crippen MR) is 73.7 cm³/mol. The minimum absolute atomic E-state index is 0.157. The topological polar surface area (TPSA) is 54.0 Å². The SMILES string of the molecule is CCSCCCNc1ccnc(C(=O)NC)c1. The van der Waals surface area contributed by atoms with E-state index < -0.39 is 0 Å². The summed E-state index contributed by atoms with van der Waals surface area (Å²) in [6, 6.07) is 3.64. The molecule has 1 aromatic rings. The number of thioether (sulfide) groups is 1. The number of nitrogens with zero attached hydrogens (tertiary/aromatic N) is 1. The van der Waals surface area contributed by atoms with Gasteiger partial charge in [-0.3, -0.25) is 9.78 Å². The highest BCUT2D eigenvalue weighted by Crippen LogP contribution is 2.08. The Morgan fingerprint density at radius 3 is 3.06 bits per heavy atom. The van der Waals surface area contributed by atoms with E-state index in [2.05, 4.69) is 22.5 Å². The number of pyridine rings is 1. The number of amides is 1. The lowest BCUT2D eigenvalue weighted by molar-refractivity contribution is 0.0958. The number of nitrogens with one attached hydrogen (secondary N) is 2. The van der Waals surface area contributed by atoms with Crippen LogP contribution in [0.15, 0.2) is 18.3 Å². The number of aromatic nitrogens is 1. The lowest BCUT2D eigenvalue weighted by Gasteiger charge is -2.07. The van der Waals surface area contributed by atoms with Gasteiger partial charge in [0.05, 0.1) is 0 Å². The smallest absolute Gasteiger partial charge is 0.269 e. The van der Waals surface area contributed by atoms with Crippen molar-refractivity contribution >= 4 is 23.4 Å². The number of anilines is 1. The molecule has 5 heteroatoms. The van der Waals surface area contributed by atoms with Gasteiger partial charge in [-0.15, -0.1) is 0 Å². The van der Waals surface area contributed by atoms with Crippen LogP contribution < -0.4 is 10.6 Å². The summed E-state index contributed by atoms with van der Waals surface area (Å²) in [5.41, 5.74) is 1.39. The first-order valence-electron chi connectivity index (χ1n) is 5.77. The lowest BCUT2D eigenvalue weighted by atomic mass is 10.3. The second-order valence-electron chi connectivity index (χ2n) is 3.49. The van der Waals surface area contributed by atoms with Crippen molar-refractivity contribution in [1.29, 1.82) is 0 Å². The second kappa shape index (κ2) is 7.95. The minimum Gasteiger partial charge on any atom is -0.385 e. The van der Waals surface area contributed by atoms with E-state index in [-0.39, 0.29) is 5.91 Å². The minimum atomic E-state index is -0.157. The maximum Gasteiger partial charge on any atom is 0.269 e. The Balaban J connectivity index is 2.40. The summed E-state index contributed by atoms with van der Waals surface area (Å²) in [7, 11) is 1.60. The maximum absolute atomic E-state index is 11.4. The Bertz CT molecular complexity index is 357. The fourth-order valence-corrected chi connectivity index (χ4v) is 1.98. The molecule has 0 saturated carbocycles. The van der Waals surface area contributed by atoms with Crippen LogP contribution in [-0.4, -0.2) is 36.0 Å². The van der Waals surface area contributed by atoms with Crippen molar-refractivity contribution in [2.24, 2.45) is 0 Å². The van der Waals surface area contributed by atoms with Gasteiger partial charge in [-0.1, -0.05) is 6.92 Å². The van der Waals surface area contributed by atoms with Gasteiger partial charge >= 0.3 is 0 Å². The van der Waals surface area contributed by atoms with Crippen molar-refractivity contribution in [2.45, 2.75) is 13.3 Å². The molecule has 0 fully saturated rings. The zero-order chi connectivity index (χ0) is 12.5. The monoisotopic (exact) mass is 253 g/mol. The van der Waals surface area contributed by atoms with Crippen molar-refractivity contribution in [3.63, 3.8) is 0 Å². The van der Waals surface area contributed by atoms with Gasteiger partial charge < -0.3 is 10.6 Å². The number of carbonyl (C=O) groups excluding carboxylic acids is 1. The van der Waals surface area contributed by atoms with E-state index in [0.29, 0.717) is 5.69 Å². The molecule has 1 rings (SSSR count). The van der Waals surface area contributed by atoms with Crippen LogP contribution in [-0.2, 0) is 0 Å². The summed E-state index contributed by atoms with van der Waals surface area (Å²) >= 11 is 1.94. The molecule has 0 atom stereocenters. The first-order valence-corrected chi connectivity index (χ1v) is 6.93. The van der Waals surface area contributed by atoms with Crippen molar-refractivity contribution in [1.82, 2.24) is 10.3 Å². The lowest BCUT2D eigenvalue weighted by Crippen LogP contribution is -2.19. The van der Waals surface area contributed by atoms with Gasteiger partial charge in [0.15, 0.2) is 0 Å². The van der Waals surface area contributed by atoms with Gasteiger partial charge in [0.1, 0.15) is 5.69 Å². The molecule has 0 aromatic carbocycles. The normalized spacial score (nSPS) is 10.0. The highest BCUT2D eigenvalue weighted by atomic mass is 32.2. The van der Waals surface area contributed by atoms with Crippen LogP contribution in [0.2, 0.25) is 0 Å². The summed E-state index contributed by atoms with van der Waals surface area (Å²) in [6.45, 7) is 3.08. The zero-order valence-corrected chi connectivity index (χ0v) is 11.1. The number of rotatable bonds is 7. The Hall–Kier alpha value is -1.23. The largest absolute Gasteiger partial charge is 0.385 e. The van der Waals surface area contributed by atoms with E-state index in [9.17, 15) is 4.79 Å². The molecule has 0 aliphatic carbocycles. The third-order valence-electron chi connectivity index (χ3n) is 2.22. The van der Waals surface area contributed by atoms with E-state index >= 15 is 0 Å². The van der Waals surface area contributed by atoms with E-state index in [0.717, 1.165) is 30.2 Å². The zero-order valence-electron chi connectivity index (χ0n) is 10.3. The highest BCUT2D eigenvalue weighted by Gasteiger charge is 2.04. The Morgan fingerprint density at radius 2 is 2.35 bits per heavy atom. The molecule has 17 heavy (non-hydrogen) atoms. The Kier molecular flexibility index (Phi) is 6.47. The van der Waals surface area contributed by atoms with Crippen molar-refractivity contribution in [2.75, 3.05) is 30.4 Å². The first-order chi connectivity index (χ1) is 8.27. The third-order valence-corrected chi connectivity index (χ3v) is 3.20. The number of hydrogen-bond acceptors (Lipinski definition) is 4. The van der Waals surface area contributed by atoms with Gasteiger partial charge in [0.2, 0.25) is 0 Å². The van der Waals surface area contributed by atoms with Crippen LogP contribution in [0, 0.1) is 0 Å². The van der Waals surface area contributed by atoms with Crippen molar-refractivity contribution in [3.05, 3.63) is 24.0 Å². The van der Waals surface area contributed by atoms with Gasteiger partial charge in [0.25, 0.3) is 5.91 Å². The van der Waals surface area contributed by atoms with Crippen LogP contribution in [0.5, 0.6) is 0 Å². The molecular formula is C12H19N3OS. The Morgan fingerprint density at radius 1 is 1.53 bits per heavy atom. The summed E-state index contributed by atoms with van der Waals surface area (Å²) in [5.74, 6) is 2.17. The maximum atomic E-state index is 11.4. The molecule has 0 saturated heterocycles.